The number of nitrogens with one attached hydrogen (secondary N) is 1. The van der Waals surface area contributed by atoms with Gasteiger partial charge in [-0.2, -0.15) is 8.78 Å². The monoisotopic (exact) mass is 385 g/mol. The zero-order valence-corrected chi connectivity index (χ0v) is 14.4. The fourth-order valence-electron chi connectivity index (χ4n) is 1.86. The second-order valence-corrected chi connectivity index (χ2v) is 6.75. The van der Waals surface area contributed by atoms with Gasteiger partial charge in [0.25, 0.3) is 0 Å². The number of benzene rings is 2. The molecule has 0 heterocycles. The largest absolute Gasteiger partial charge is 0.445 e. The van der Waals surface area contributed by atoms with E-state index in [4.69, 9.17) is 16.3 Å². The molecule has 0 aromatic heterocycles. The van der Waals surface area contributed by atoms with Gasteiger partial charge in [0.05, 0.1) is 0 Å². The van der Waals surface area contributed by atoms with Crippen molar-refractivity contribution in [2.45, 2.75) is 21.8 Å². The summed E-state index contributed by atoms with van der Waals surface area (Å²) in [6.07, 6.45) is -1.28. The molecule has 0 unspecified atom stereocenters. The van der Waals surface area contributed by atoms with Crippen LogP contribution in [0.2, 0.25) is 0 Å². The Balaban J connectivity index is 2.12. The van der Waals surface area contributed by atoms with E-state index in [1.54, 1.807) is 48.5 Å². The molecule has 1 atom stereocenters. The van der Waals surface area contributed by atoms with Gasteiger partial charge >= 0.3 is 11.5 Å². The maximum atomic E-state index is 13.9. The highest BCUT2D eigenvalue weighted by Gasteiger charge is 2.55. The lowest BCUT2D eigenvalue weighted by Crippen LogP contribution is -2.57. The molecule has 1 amide bonds. The second-order valence-electron chi connectivity index (χ2n) is 4.95. The third-order valence-electron chi connectivity index (χ3n) is 3.11. The number of hydrogen-bond donors (Lipinski definition) is 1. The molecular weight excluding hydrogens is 372 g/mol. The fraction of sp³-hybridized carbons (Fsp3) is 0.176. The highest BCUT2D eigenvalue weighted by atomic mass is 35.5. The molecule has 0 spiro atoms. The maximum Gasteiger partial charge on any atom is 0.409 e. The van der Waals surface area contributed by atoms with Crippen molar-refractivity contribution in [3.8, 4) is 0 Å². The smallest absolute Gasteiger partial charge is 0.409 e. The molecular formula is C17H14ClF2NO3S. The molecule has 2 rings (SSSR count). The third kappa shape index (κ3) is 5.17. The molecule has 0 saturated heterocycles. The number of ether oxygens (including phenoxy) is 1. The van der Waals surface area contributed by atoms with Crippen molar-refractivity contribution in [3.05, 3.63) is 66.2 Å². The predicted molar refractivity (Wildman–Crippen MR) is 91.7 cm³/mol. The lowest BCUT2D eigenvalue weighted by Gasteiger charge is -2.31. The van der Waals surface area contributed by atoms with Crippen LogP contribution in [-0.2, 0) is 16.1 Å². The van der Waals surface area contributed by atoms with Crippen LogP contribution in [-0.4, -0.2) is 22.6 Å². The molecule has 2 aromatic rings. The molecule has 0 bridgehead atoms. The Morgan fingerprint density at radius 2 is 1.68 bits per heavy atom. The van der Waals surface area contributed by atoms with E-state index in [1.807, 2.05) is 5.32 Å². The number of alkyl halides is 3. The minimum absolute atomic E-state index is 0.0958. The summed E-state index contributed by atoms with van der Waals surface area (Å²) in [5.41, 5.74) is 0.669. The van der Waals surface area contributed by atoms with Gasteiger partial charge < -0.3 is 4.74 Å². The first-order valence-electron chi connectivity index (χ1n) is 7.12. The lowest BCUT2D eigenvalue weighted by atomic mass is 10.2. The van der Waals surface area contributed by atoms with Gasteiger partial charge in [-0.1, -0.05) is 60.3 Å². The van der Waals surface area contributed by atoms with Gasteiger partial charge in [-0.05, 0) is 29.3 Å². The SMILES string of the molecule is O=C[C@@](NC(=O)OCc1ccccc1)(Sc1ccccc1)C(F)(F)Cl. The van der Waals surface area contributed by atoms with Crippen LogP contribution >= 0.6 is 23.4 Å². The van der Waals surface area contributed by atoms with Gasteiger partial charge in [0.1, 0.15) is 6.61 Å². The second kappa shape index (κ2) is 8.31. The number of carbonyl (C=O) groups is 2. The molecule has 132 valence electrons. The number of hydrogen-bond acceptors (Lipinski definition) is 4. The summed E-state index contributed by atoms with van der Waals surface area (Å²) in [7, 11) is 0. The number of alkyl carbamates (subject to hydrolysis) is 1. The molecule has 0 radical (unpaired) electrons. The van der Waals surface area contributed by atoms with Gasteiger partial charge in [0.2, 0.25) is 4.87 Å². The Bertz CT molecular complexity index is 713. The zero-order valence-electron chi connectivity index (χ0n) is 12.8. The quantitative estimate of drug-likeness (QED) is 0.331. The molecule has 0 fully saturated rings. The Hall–Kier alpha value is -2.12. The highest BCUT2D eigenvalue weighted by molar-refractivity contribution is 8.01. The molecule has 0 aliphatic rings. The molecule has 0 aliphatic heterocycles. The van der Waals surface area contributed by atoms with Gasteiger partial charge in [0.15, 0.2) is 6.29 Å². The predicted octanol–water partition coefficient (Wildman–Crippen LogP) is 4.43. The van der Waals surface area contributed by atoms with E-state index in [-0.39, 0.29) is 12.9 Å². The first-order valence-corrected chi connectivity index (χ1v) is 8.32. The maximum absolute atomic E-state index is 13.9. The molecule has 1 N–H and O–H groups in total. The summed E-state index contributed by atoms with van der Waals surface area (Å²) < 4.78 is 32.7. The van der Waals surface area contributed by atoms with Crippen molar-refractivity contribution in [2.24, 2.45) is 0 Å². The van der Waals surface area contributed by atoms with Crippen LogP contribution < -0.4 is 5.32 Å². The summed E-state index contributed by atoms with van der Waals surface area (Å²) in [5, 5.41) is -2.15. The summed E-state index contributed by atoms with van der Waals surface area (Å²) >= 11 is 5.54. The number of carbonyl (C=O) groups excluding carboxylic acids is 2. The van der Waals surface area contributed by atoms with E-state index in [0.29, 0.717) is 22.2 Å². The van der Waals surface area contributed by atoms with Gasteiger partial charge in [-0.15, -0.1) is 0 Å². The molecule has 0 aliphatic carbocycles. The minimum atomic E-state index is -4.04. The Morgan fingerprint density at radius 3 is 2.20 bits per heavy atom. The van der Waals surface area contributed by atoms with Crippen molar-refractivity contribution >= 4 is 35.7 Å². The van der Waals surface area contributed by atoms with Crippen LogP contribution in [0.1, 0.15) is 5.56 Å². The van der Waals surface area contributed by atoms with E-state index < -0.39 is 16.3 Å². The van der Waals surface area contributed by atoms with Crippen molar-refractivity contribution in [1.82, 2.24) is 5.32 Å². The summed E-state index contributed by atoms with van der Waals surface area (Å²) in [6, 6.07) is 16.6. The molecule has 2 aromatic carbocycles. The van der Waals surface area contributed by atoms with Crippen LogP contribution in [0, 0.1) is 0 Å². The average molecular weight is 386 g/mol. The normalized spacial score (nSPS) is 13.6. The number of aldehydes is 1. The number of amides is 1. The van der Waals surface area contributed by atoms with Gasteiger partial charge in [-0.3, -0.25) is 10.1 Å². The zero-order chi connectivity index (χ0) is 18.3. The summed E-state index contributed by atoms with van der Waals surface area (Å²) in [6.45, 7) is -0.133. The van der Waals surface area contributed by atoms with E-state index >= 15 is 0 Å². The van der Waals surface area contributed by atoms with Crippen molar-refractivity contribution in [3.63, 3.8) is 0 Å². The number of rotatable bonds is 7. The average Bonchev–Trinajstić information content (AvgIpc) is 2.60. The van der Waals surface area contributed by atoms with E-state index in [0.717, 1.165) is 0 Å². The van der Waals surface area contributed by atoms with Crippen LogP contribution in [0.15, 0.2) is 65.6 Å². The third-order valence-corrected chi connectivity index (χ3v) is 4.80. The van der Waals surface area contributed by atoms with E-state index in [1.165, 1.54) is 12.1 Å². The Morgan fingerprint density at radius 1 is 1.12 bits per heavy atom. The van der Waals surface area contributed by atoms with Crippen LogP contribution in [0.3, 0.4) is 0 Å². The van der Waals surface area contributed by atoms with E-state index in [9.17, 15) is 18.4 Å². The molecule has 8 heteroatoms. The van der Waals surface area contributed by atoms with Crippen molar-refractivity contribution < 1.29 is 23.1 Å². The Kier molecular flexibility index (Phi) is 6.39. The van der Waals surface area contributed by atoms with Crippen LogP contribution in [0.5, 0.6) is 0 Å². The van der Waals surface area contributed by atoms with Crippen LogP contribution in [0.4, 0.5) is 13.6 Å². The summed E-state index contributed by atoms with van der Waals surface area (Å²) in [4.78, 5) is 21.0. The number of thioether (sulfide) groups is 1. The molecule has 25 heavy (non-hydrogen) atoms. The lowest BCUT2D eigenvalue weighted by molar-refractivity contribution is -0.116. The number of halogens is 3. The topological polar surface area (TPSA) is 55.4 Å². The first kappa shape index (κ1) is 19.2. The van der Waals surface area contributed by atoms with Crippen LogP contribution in [0.25, 0.3) is 0 Å². The van der Waals surface area contributed by atoms with Gasteiger partial charge in [0, 0.05) is 4.90 Å². The van der Waals surface area contributed by atoms with Gasteiger partial charge in [-0.25, -0.2) is 4.79 Å². The Labute approximate surface area is 152 Å². The highest BCUT2D eigenvalue weighted by Crippen LogP contribution is 2.43. The standard InChI is InChI=1S/C17H14ClF2NO3S/c18-17(19,20)16(12-22,25-14-9-5-2-6-10-14)21-15(23)24-11-13-7-3-1-4-8-13/h1-10,12H,11H2,(H,21,23)/t16-/m1/s1. The minimum Gasteiger partial charge on any atom is -0.445 e. The van der Waals surface area contributed by atoms with Crippen molar-refractivity contribution in [1.29, 1.82) is 0 Å². The molecule has 4 nitrogen and oxygen atoms in total. The summed E-state index contributed by atoms with van der Waals surface area (Å²) in [5.74, 6) is 0. The van der Waals surface area contributed by atoms with E-state index in [2.05, 4.69) is 0 Å². The first-order chi connectivity index (χ1) is 11.9. The fourth-order valence-corrected chi connectivity index (χ4v) is 3.03. The van der Waals surface area contributed by atoms with Crippen molar-refractivity contribution in [2.75, 3.05) is 0 Å². The molecule has 0 saturated carbocycles.